The van der Waals surface area contributed by atoms with Crippen LogP contribution in [0.25, 0.3) is 0 Å². The smallest absolute Gasteiger partial charge is 0.320 e. The number of carboxylic acids is 1. The molecule has 2 aliphatic rings. The van der Waals surface area contributed by atoms with Gasteiger partial charge in [0.1, 0.15) is 12.3 Å². The fourth-order valence-electron chi connectivity index (χ4n) is 5.46. The van der Waals surface area contributed by atoms with Gasteiger partial charge in [-0.2, -0.15) is 4.31 Å². The Hall–Kier alpha value is -2.52. The van der Waals surface area contributed by atoms with Crippen molar-refractivity contribution in [2.24, 2.45) is 5.41 Å². The second-order valence-corrected chi connectivity index (χ2v) is 15.5. The van der Waals surface area contributed by atoms with Crippen molar-refractivity contribution in [3.8, 4) is 0 Å². The number of hydrogen-bond acceptors (Lipinski definition) is 8. The summed E-state index contributed by atoms with van der Waals surface area (Å²) in [5.41, 5.74) is -0.478. The molecule has 0 aromatic carbocycles. The number of amides is 3. The number of carbonyl (C=O) groups excluding carboxylic acids is 2. The van der Waals surface area contributed by atoms with E-state index < -0.39 is 57.7 Å². The van der Waals surface area contributed by atoms with Gasteiger partial charge < -0.3 is 25.7 Å². The largest absolute Gasteiger partial charge is 0.480 e. The van der Waals surface area contributed by atoms with E-state index in [-0.39, 0.29) is 19.6 Å². The van der Waals surface area contributed by atoms with Crippen LogP contribution in [-0.4, -0.2) is 89.7 Å². The highest BCUT2D eigenvalue weighted by atomic mass is 32.2. The first-order chi connectivity index (χ1) is 20.8. The zero-order valence-electron chi connectivity index (χ0n) is 26.3. The zero-order valence-corrected chi connectivity index (χ0v) is 27.9. The van der Waals surface area contributed by atoms with E-state index in [2.05, 4.69) is 29.0 Å². The zero-order chi connectivity index (χ0) is 32.5. The number of aliphatic carboxylic acids is 1. The van der Waals surface area contributed by atoms with E-state index in [1.165, 1.54) is 20.5 Å². The number of allylic oxidation sites excluding steroid dienone is 2. The molecule has 0 radical (unpaired) electrons. The second-order valence-electron chi connectivity index (χ2n) is 12.6. The van der Waals surface area contributed by atoms with Gasteiger partial charge in [-0.05, 0) is 55.4 Å². The number of hydrogen-bond donors (Lipinski definition) is 5. The van der Waals surface area contributed by atoms with Crippen LogP contribution in [0.4, 0.5) is 4.79 Å². The minimum atomic E-state index is -3.63. The Morgan fingerprint density at radius 2 is 1.91 bits per heavy atom. The van der Waals surface area contributed by atoms with Gasteiger partial charge in [-0.25, -0.2) is 13.2 Å². The molecule has 2 aliphatic heterocycles. The number of urea groups is 1. The molecule has 1 saturated heterocycles. The lowest BCUT2D eigenvalue weighted by atomic mass is 9.86. The maximum Gasteiger partial charge on any atom is 0.320 e. The van der Waals surface area contributed by atoms with Crippen molar-refractivity contribution in [1.29, 1.82) is 0 Å². The number of sulfonamides is 1. The summed E-state index contributed by atoms with van der Waals surface area (Å²) in [5, 5.41) is 30.5. The van der Waals surface area contributed by atoms with Crippen LogP contribution >= 0.6 is 11.3 Å². The molecule has 3 heterocycles. The quantitative estimate of drug-likeness (QED) is 0.103. The number of carbonyl (C=O) groups is 3. The Morgan fingerprint density at radius 1 is 1.18 bits per heavy atom. The number of carboxylic acid groups (broad SMARTS) is 1. The first kappa shape index (κ1) is 36.0. The molecule has 1 aromatic rings. The standard InChI is InChI=1S/C30H49N5O7S2/c1-5-6-7-8-9-10-11-13-21(28(38)39)32-27(37)22-14-12-16-35(22)26(36)18-31-29(40)33-25(30(2,3)4)20-34-19-23-24(15-17-43-23)44(34,41)42/h9-10,15,17,21-22,25,27,32,37H,5-8,11-14,16,18-20H2,1-4H3,(H,38,39)(H2,31,33,40)/b10-9-/t21-,22-,25?,27?/m0/s1. The number of rotatable bonds is 16. The number of unbranched alkanes of at least 4 members (excludes halogenated alkanes) is 3. The summed E-state index contributed by atoms with van der Waals surface area (Å²) >= 11 is 1.39. The average molecular weight is 656 g/mol. The Labute approximate surface area is 265 Å². The molecule has 0 spiro atoms. The number of thiophene rings is 1. The molecule has 12 nitrogen and oxygen atoms in total. The van der Waals surface area contributed by atoms with Crippen molar-refractivity contribution in [3.63, 3.8) is 0 Å². The van der Waals surface area contributed by atoms with Crippen molar-refractivity contribution in [2.75, 3.05) is 19.6 Å². The lowest BCUT2D eigenvalue weighted by molar-refractivity contribution is -0.141. The lowest BCUT2D eigenvalue weighted by Gasteiger charge is -2.34. The van der Waals surface area contributed by atoms with Crippen molar-refractivity contribution < 1.29 is 33.0 Å². The number of nitrogens with zero attached hydrogens (tertiary/aromatic N) is 2. The summed E-state index contributed by atoms with van der Waals surface area (Å²) in [7, 11) is -3.63. The highest BCUT2D eigenvalue weighted by Gasteiger charge is 2.40. The number of aliphatic hydroxyl groups excluding tert-OH is 1. The molecule has 0 bridgehead atoms. The SMILES string of the molecule is CCCCC/C=C\CC[C@H](NC(O)[C@@H]1CCCN1C(=O)CNC(=O)NC(CN1Cc2sccc2S1(=O)=O)C(C)(C)C)C(=O)O. The minimum Gasteiger partial charge on any atom is -0.480 e. The van der Waals surface area contributed by atoms with Crippen LogP contribution < -0.4 is 16.0 Å². The Kier molecular flexibility index (Phi) is 13.2. The van der Waals surface area contributed by atoms with Crippen LogP contribution in [0.5, 0.6) is 0 Å². The van der Waals surface area contributed by atoms with E-state index in [4.69, 9.17) is 0 Å². The average Bonchev–Trinajstić information content (AvgIpc) is 3.68. The third-order valence-electron chi connectivity index (χ3n) is 8.20. The van der Waals surface area contributed by atoms with Crippen LogP contribution in [0.3, 0.4) is 0 Å². The van der Waals surface area contributed by atoms with E-state index >= 15 is 0 Å². The molecule has 0 saturated carbocycles. The summed E-state index contributed by atoms with van der Waals surface area (Å²) in [6.07, 6.45) is 9.16. The fraction of sp³-hybridized carbons (Fsp3) is 0.700. The van der Waals surface area contributed by atoms with Gasteiger partial charge in [-0.3, -0.25) is 14.9 Å². The summed E-state index contributed by atoms with van der Waals surface area (Å²) < 4.78 is 27.3. The summed E-state index contributed by atoms with van der Waals surface area (Å²) in [6, 6.07) is -1.13. The number of likely N-dealkylation sites (tertiary alicyclic amines) is 1. The molecule has 4 atom stereocenters. The second kappa shape index (κ2) is 16.2. The van der Waals surface area contributed by atoms with Gasteiger partial charge in [0.05, 0.1) is 17.5 Å². The van der Waals surface area contributed by atoms with Crippen molar-refractivity contribution in [1.82, 2.24) is 25.2 Å². The Morgan fingerprint density at radius 3 is 2.57 bits per heavy atom. The normalized spacial score (nSPS) is 20.4. The summed E-state index contributed by atoms with van der Waals surface area (Å²) in [6.45, 7) is 8.25. The molecule has 1 fully saturated rings. The van der Waals surface area contributed by atoms with Crippen molar-refractivity contribution in [3.05, 3.63) is 28.5 Å². The van der Waals surface area contributed by atoms with Gasteiger partial charge in [-0.15, -0.1) is 11.3 Å². The molecule has 3 amide bonds. The molecule has 248 valence electrons. The van der Waals surface area contributed by atoms with Gasteiger partial charge >= 0.3 is 12.0 Å². The van der Waals surface area contributed by atoms with E-state index in [9.17, 15) is 33.0 Å². The Balaban J connectivity index is 1.50. The predicted octanol–water partition coefficient (Wildman–Crippen LogP) is 3.24. The van der Waals surface area contributed by atoms with Gasteiger partial charge in [0.2, 0.25) is 15.9 Å². The van der Waals surface area contributed by atoms with Crippen LogP contribution in [0.15, 0.2) is 28.5 Å². The fourth-order valence-corrected chi connectivity index (χ4v) is 8.39. The Bertz CT molecular complexity index is 1260. The number of nitrogens with one attached hydrogen (secondary N) is 3. The van der Waals surface area contributed by atoms with E-state index in [0.29, 0.717) is 37.1 Å². The number of fused-ring (bicyclic) bond motifs is 1. The molecule has 44 heavy (non-hydrogen) atoms. The van der Waals surface area contributed by atoms with Gasteiger partial charge in [-0.1, -0.05) is 52.7 Å². The monoisotopic (exact) mass is 655 g/mol. The van der Waals surface area contributed by atoms with E-state index in [1.807, 2.05) is 26.8 Å². The predicted molar refractivity (Wildman–Crippen MR) is 170 cm³/mol. The molecule has 1 aromatic heterocycles. The first-order valence-corrected chi connectivity index (χ1v) is 17.8. The molecular weight excluding hydrogens is 606 g/mol. The molecule has 14 heteroatoms. The molecule has 5 N–H and O–H groups in total. The summed E-state index contributed by atoms with van der Waals surface area (Å²) in [4.78, 5) is 40.3. The van der Waals surface area contributed by atoms with E-state index in [0.717, 1.165) is 30.6 Å². The van der Waals surface area contributed by atoms with Gasteiger partial charge in [0.15, 0.2) is 0 Å². The molecule has 3 rings (SSSR count). The maximum atomic E-state index is 13.1. The lowest BCUT2D eigenvalue weighted by Crippen LogP contribution is -2.56. The highest BCUT2D eigenvalue weighted by molar-refractivity contribution is 7.89. The van der Waals surface area contributed by atoms with Crippen molar-refractivity contribution >= 4 is 39.3 Å². The first-order valence-electron chi connectivity index (χ1n) is 15.5. The maximum absolute atomic E-state index is 13.1. The van der Waals surface area contributed by atoms with Crippen molar-refractivity contribution in [2.45, 2.75) is 115 Å². The van der Waals surface area contributed by atoms with E-state index in [1.54, 1.807) is 11.4 Å². The van der Waals surface area contributed by atoms with Crippen LogP contribution in [0.2, 0.25) is 0 Å². The highest BCUT2D eigenvalue weighted by Crippen LogP contribution is 2.35. The van der Waals surface area contributed by atoms with Crippen LogP contribution in [0.1, 0.15) is 83.9 Å². The third kappa shape index (κ3) is 9.74. The number of aliphatic hydroxyl groups is 1. The third-order valence-corrected chi connectivity index (χ3v) is 11.1. The molecular formula is C30H49N5O7S2. The van der Waals surface area contributed by atoms with Crippen LogP contribution in [-0.2, 0) is 26.2 Å². The molecule has 2 unspecified atom stereocenters. The molecule has 0 aliphatic carbocycles. The summed E-state index contributed by atoms with van der Waals surface area (Å²) in [5.74, 6) is -1.47. The topological polar surface area (TPSA) is 168 Å². The van der Waals surface area contributed by atoms with Crippen LogP contribution in [0, 0.1) is 5.41 Å². The van der Waals surface area contributed by atoms with Gasteiger partial charge in [0, 0.05) is 30.6 Å². The van der Waals surface area contributed by atoms with Gasteiger partial charge in [0.25, 0.3) is 0 Å². The minimum absolute atomic E-state index is 0.0834.